The fourth-order valence-electron chi connectivity index (χ4n) is 2.37. The lowest BCUT2D eigenvalue weighted by atomic mass is 9.63. The summed E-state index contributed by atoms with van der Waals surface area (Å²) in [5.74, 6) is -0.762. The van der Waals surface area contributed by atoms with E-state index in [0.717, 1.165) is 0 Å². The van der Waals surface area contributed by atoms with Gasteiger partial charge in [-0.3, -0.25) is 20.4 Å². The molecule has 2 atom stereocenters. The van der Waals surface area contributed by atoms with Gasteiger partial charge in [-0.1, -0.05) is 41.5 Å². The summed E-state index contributed by atoms with van der Waals surface area (Å²) in [4.78, 5) is 23.8. The van der Waals surface area contributed by atoms with E-state index in [0.29, 0.717) is 0 Å². The summed E-state index contributed by atoms with van der Waals surface area (Å²) in [6.45, 7) is 12.0. The van der Waals surface area contributed by atoms with Gasteiger partial charge in [0, 0.05) is 0 Å². The minimum atomic E-state index is -0.291. The highest BCUT2D eigenvalue weighted by Gasteiger charge is 2.49. The van der Waals surface area contributed by atoms with E-state index in [2.05, 4.69) is 10.9 Å². The summed E-state index contributed by atoms with van der Waals surface area (Å²) in [6.07, 6.45) is 0. The summed E-state index contributed by atoms with van der Waals surface area (Å²) >= 11 is 0. The number of hydrogen-bond acceptors (Lipinski definition) is 2. The van der Waals surface area contributed by atoms with E-state index in [9.17, 15) is 9.59 Å². The first-order valence-corrected chi connectivity index (χ1v) is 5.65. The van der Waals surface area contributed by atoms with Crippen molar-refractivity contribution in [2.45, 2.75) is 41.5 Å². The van der Waals surface area contributed by atoms with Crippen LogP contribution in [0.1, 0.15) is 41.5 Å². The Balaban J connectivity index is 3.16. The van der Waals surface area contributed by atoms with E-state index in [1.165, 1.54) is 0 Å². The molecule has 92 valence electrons. The second kappa shape index (κ2) is 3.75. The Bertz CT molecular complexity index is 278. The van der Waals surface area contributed by atoms with Crippen molar-refractivity contribution in [3.05, 3.63) is 0 Å². The van der Waals surface area contributed by atoms with E-state index in [4.69, 9.17) is 0 Å². The van der Waals surface area contributed by atoms with Crippen LogP contribution in [0, 0.1) is 22.7 Å². The van der Waals surface area contributed by atoms with Crippen LogP contribution in [0.4, 0.5) is 0 Å². The van der Waals surface area contributed by atoms with E-state index in [-0.39, 0.29) is 34.5 Å². The molecule has 2 amide bonds. The Morgan fingerprint density at radius 2 is 1.00 bits per heavy atom. The molecule has 4 nitrogen and oxygen atoms in total. The van der Waals surface area contributed by atoms with Crippen LogP contribution in [0.2, 0.25) is 0 Å². The molecule has 0 saturated carbocycles. The SMILES string of the molecule is CC(C)(C)C1C(=O)NNC(=O)C1C(C)(C)C. The second-order valence-corrected chi connectivity index (χ2v) is 6.67. The summed E-state index contributed by atoms with van der Waals surface area (Å²) in [7, 11) is 0. The van der Waals surface area contributed by atoms with Gasteiger partial charge in [-0.15, -0.1) is 0 Å². The highest BCUT2D eigenvalue weighted by Crippen LogP contribution is 2.42. The zero-order valence-electron chi connectivity index (χ0n) is 11.0. The number of carbonyl (C=O) groups excluding carboxylic acids is 2. The first-order valence-electron chi connectivity index (χ1n) is 5.65. The van der Waals surface area contributed by atoms with Gasteiger partial charge >= 0.3 is 0 Å². The Hall–Kier alpha value is -1.06. The Kier molecular flexibility index (Phi) is 3.05. The maximum atomic E-state index is 11.9. The molecule has 1 aliphatic heterocycles. The van der Waals surface area contributed by atoms with Crippen LogP contribution in [-0.2, 0) is 9.59 Å². The molecule has 16 heavy (non-hydrogen) atoms. The molecule has 0 radical (unpaired) electrons. The van der Waals surface area contributed by atoms with Crippen molar-refractivity contribution < 1.29 is 9.59 Å². The van der Waals surface area contributed by atoms with E-state index < -0.39 is 0 Å². The number of nitrogens with one attached hydrogen (secondary N) is 2. The standard InChI is InChI=1S/C12H22N2O2/c1-11(2,3)7-8(12(4,5)6)10(16)14-13-9(7)15/h7-8H,1-6H3,(H,13,15)(H,14,16). The van der Waals surface area contributed by atoms with Crippen LogP contribution in [0.3, 0.4) is 0 Å². The van der Waals surface area contributed by atoms with Crippen LogP contribution in [-0.4, -0.2) is 11.8 Å². The van der Waals surface area contributed by atoms with Crippen LogP contribution in [0.5, 0.6) is 0 Å². The minimum Gasteiger partial charge on any atom is -0.273 e. The zero-order chi connectivity index (χ0) is 12.7. The molecule has 2 unspecified atom stereocenters. The number of rotatable bonds is 0. The quantitative estimate of drug-likeness (QED) is 0.657. The van der Waals surface area contributed by atoms with Gasteiger partial charge in [0.2, 0.25) is 11.8 Å². The topological polar surface area (TPSA) is 58.2 Å². The van der Waals surface area contributed by atoms with Gasteiger partial charge in [-0.05, 0) is 10.8 Å². The lowest BCUT2D eigenvalue weighted by Crippen LogP contribution is -2.62. The smallest absolute Gasteiger partial charge is 0.242 e. The molecule has 0 aromatic heterocycles. The van der Waals surface area contributed by atoms with Gasteiger partial charge in [0.05, 0.1) is 11.8 Å². The van der Waals surface area contributed by atoms with Gasteiger partial charge < -0.3 is 0 Å². The highest BCUT2D eigenvalue weighted by atomic mass is 16.2. The van der Waals surface area contributed by atoms with Crippen molar-refractivity contribution in [2.75, 3.05) is 0 Å². The van der Waals surface area contributed by atoms with Crippen LogP contribution < -0.4 is 10.9 Å². The van der Waals surface area contributed by atoms with Gasteiger partial charge in [-0.25, -0.2) is 0 Å². The normalized spacial score (nSPS) is 27.4. The molecule has 2 N–H and O–H groups in total. The van der Waals surface area contributed by atoms with Gasteiger partial charge in [-0.2, -0.15) is 0 Å². The average molecular weight is 226 g/mol. The number of amides is 2. The molecule has 1 heterocycles. The highest BCUT2D eigenvalue weighted by molar-refractivity contribution is 5.93. The Labute approximate surface area is 97.1 Å². The monoisotopic (exact) mass is 226 g/mol. The van der Waals surface area contributed by atoms with E-state index in [1.807, 2.05) is 41.5 Å². The molecule has 1 saturated heterocycles. The first kappa shape index (κ1) is 13.0. The molecule has 1 rings (SSSR count). The predicted molar refractivity (Wildman–Crippen MR) is 62.2 cm³/mol. The Morgan fingerprint density at radius 3 is 1.19 bits per heavy atom. The molecule has 0 aromatic rings. The fraction of sp³-hybridized carbons (Fsp3) is 0.833. The molecule has 0 spiro atoms. The summed E-state index contributed by atoms with van der Waals surface area (Å²) in [5.41, 5.74) is 4.46. The van der Waals surface area contributed by atoms with Crippen molar-refractivity contribution in [3.8, 4) is 0 Å². The number of carbonyl (C=O) groups is 2. The fourth-order valence-corrected chi connectivity index (χ4v) is 2.37. The average Bonchev–Trinajstić information content (AvgIpc) is 2.04. The van der Waals surface area contributed by atoms with Crippen molar-refractivity contribution in [3.63, 3.8) is 0 Å². The van der Waals surface area contributed by atoms with Crippen molar-refractivity contribution >= 4 is 11.8 Å². The van der Waals surface area contributed by atoms with Crippen molar-refractivity contribution in [1.82, 2.24) is 10.9 Å². The van der Waals surface area contributed by atoms with Crippen LogP contribution >= 0.6 is 0 Å². The largest absolute Gasteiger partial charge is 0.273 e. The predicted octanol–water partition coefficient (Wildman–Crippen LogP) is 1.47. The van der Waals surface area contributed by atoms with Crippen molar-refractivity contribution in [1.29, 1.82) is 0 Å². The third-order valence-corrected chi connectivity index (χ3v) is 3.07. The molecule has 1 fully saturated rings. The molecule has 1 aliphatic rings. The summed E-state index contributed by atoms with van der Waals surface area (Å²) < 4.78 is 0. The Morgan fingerprint density at radius 1 is 0.750 bits per heavy atom. The first-order chi connectivity index (χ1) is 7.05. The molecule has 0 aromatic carbocycles. The maximum absolute atomic E-state index is 11.9. The zero-order valence-corrected chi connectivity index (χ0v) is 11.0. The third kappa shape index (κ3) is 2.36. The number of hydrogen-bond donors (Lipinski definition) is 2. The molecule has 0 bridgehead atoms. The van der Waals surface area contributed by atoms with Crippen molar-refractivity contribution in [2.24, 2.45) is 22.7 Å². The lowest BCUT2D eigenvalue weighted by molar-refractivity contribution is -0.152. The van der Waals surface area contributed by atoms with Gasteiger partial charge in [0.1, 0.15) is 0 Å². The molecular formula is C12H22N2O2. The second-order valence-electron chi connectivity index (χ2n) is 6.67. The van der Waals surface area contributed by atoms with E-state index >= 15 is 0 Å². The summed E-state index contributed by atoms with van der Waals surface area (Å²) in [6, 6.07) is 0. The maximum Gasteiger partial charge on any atom is 0.242 e. The van der Waals surface area contributed by atoms with Gasteiger partial charge in [0.25, 0.3) is 0 Å². The summed E-state index contributed by atoms with van der Waals surface area (Å²) in [5, 5.41) is 0. The van der Waals surface area contributed by atoms with Crippen LogP contribution in [0.25, 0.3) is 0 Å². The molecular weight excluding hydrogens is 204 g/mol. The van der Waals surface area contributed by atoms with Gasteiger partial charge in [0.15, 0.2) is 0 Å². The number of hydrazine groups is 1. The third-order valence-electron chi connectivity index (χ3n) is 3.07. The van der Waals surface area contributed by atoms with E-state index in [1.54, 1.807) is 0 Å². The minimum absolute atomic E-state index is 0.0907. The lowest BCUT2D eigenvalue weighted by Gasteiger charge is -2.44. The molecule has 4 heteroatoms. The molecule has 0 aliphatic carbocycles. The van der Waals surface area contributed by atoms with Crippen LogP contribution in [0.15, 0.2) is 0 Å².